The molecule has 0 atom stereocenters. The summed E-state index contributed by atoms with van der Waals surface area (Å²) in [6.45, 7) is 7.43. The minimum Gasteiger partial charge on any atom is -0.299 e. The molecule has 0 aliphatic heterocycles. The Bertz CT molecular complexity index is 371. The van der Waals surface area contributed by atoms with Gasteiger partial charge < -0.3 is 0 Å². The number of hydrogen-bond donors (Lipinski definition) is 0. The quantitative estimate of drug-likeness (QED) is 0.757. The zero-order chi connectivity index (χ0) is 13.1. The van der Waals surface area contributed by atoms with Crippen molar-refractivity contribution in [3.63, 3.8) is 0 Å². The molecule has 5 heteroatoms. The van der Waals surface area contributed by atoms with Crippen molar-refractivity contribution < 1.29 is 0 Å². The van der Waals surface area contributed by atoms with Crippen molar-refractivity contribution in [2.45, 2.75) is 44.6 Å². The van der Waals surface area contributed by atoms with Gasteiger partial charge in [-0.05, 0) is 31.7 Å². The van der Waals surface area contributed by atoms with E-state index in [0.29, 0.717) is 5.92 Å². The molecule has 102 valence electrons. The fraction of sp³-hybridized carbons (Fsp3) is 0.846. The lowest BCUT2D eigenvalue weighted by atomic mass is 9.85. The van der Waals surface area contributed by atoms with Gasteiger partial charge in [0.25, 0.3) is 0 Å². The first-order valence-corrected chi connectivity index (χ1v) is 7.65. The summed E-state index contributed by atoms with van der Waals surface area (Å²) < 4.78 is 2.04. The molecular weight excluding hydrogens is 292 g/mol. The minimum atomic E-state index is 0.608. The average Bonchev–Trinajstić information content (AvgIpc) is 2.62. The van der Waals surface area contributed by atoms with Gasteiger partial charge in [-0.25, -0.2) is 9.67 Å². The molecular formula is C13H23BrN4. The number of alkyl halides is 1. The minimum absolute atomic E-state index is 0.608. The number of rotatable bonds is 6. The largest absolute Gasteiger partial charge is 0.299 e. The summed E-state index contributed by atoms with van der Waals surface area (Å²) in [4.78, 5) is 7.49. The Kier molecular flexibility index (Phi) is 4.78. The Labute approximate surface area is 118 Å². The van der Waals surface area contributed by atoms with Crippen LogP contribution in [-0.2, 0) is 13.1 Å². The third kappa shape index (κ3) is 3.79. The predicted molar refractivity (Wildman–Crippen MR) is 76.6 cm³/mol. The lowest BCUT2D eigenvalue weighted by Crippen LogP contribution is -2.35. The van der Waals surface area contributed by atoms with E-state index in [1.54, 1.807) is 6.33 Å². The Morgan fingerprint density at radius 1 is 1.50 bits per heavy atom. The van der Waals surface area contributed by atoms with Gasteiger partial charge in [0.05, 0.1) is 6.54 Å². The number of aromatic nitrogens is 3. The highest BCUT2D eigenvalue weighted by Crippen LogP contribution is 2.33. The van der Waals surface area contributed by atoms with Crippen LogP contribution in [0.1, 0.15) is 32.5 Å². The van der Waals surface area contributed by atoms with Crippen molar-refractivity contribution in [3.8, 4) is 0 Å². The Morgan fingerprint density at radius 2 is 2.22 bits per heavy atom. The summed E-state index contributed by atoms with van der Waals surface area (Å²) >= 11 is 3.64. The van der Waals surface area contributed by atoms with Gasteiger partial charge in [0.15, 0.2) is 0 Å². The molecule has 1 aromatic heterocycles. The molecule has 0 spiro atoms. The molecule has 4 nitrogen and oxygen atoms in total. The van der Waals surface area contributed by atoms with E-state index in [4.69, 9.17) is 0 Å². The number of hydrogen-bond acceptors (Lipinski definition) is 3. The highest BCUT2D eigenvalue weighted by Gasteiger charge is 2.27. The van der Waals surface area contributed by atoms with Crippen LogP contribution in [0.2, 0.25) is 0 Å². The van der Waals surface area contributed by atoms with Gasteiger partial charge in [-0.2, -0.15) is 5.10 Å². The van der Waals surface area contributed by atoms with Crippen molar-refractivity contribution in [1.29, 1.82) is 0 Å². The standard InChI is InChI=1S/C13H23BrN4/c1-10(2)6-18-13(15-9-16-18)8-17(3)7-11-4-12(14)5-11/h9-12H,4-8H2,1-3H3. The molecule has 0 amide bonds. The van der Waals surface area contributed by atoms with Crippen LogP contribution in [0.3, 0.4) is 0 Å². The van der Waals surface area contributed by atoms with E-state index in [9.17, 15) is 0 Å². The Morgan fingerprint density at radius 3 is 2.83 bits per heavy atom. The van der Waals surface area contributed by atoms with Crippen LogP contribution in [0.4, 0.5) is 0 Å². The van der Waals surface area contributed by atoms with Crippen molar-refractivity contribution in [3.05, 3.63) is 12.2 Å². The van der Waals surface area contributed by atoms with Crippen molar-refractivity contribution in [1.82, 2.24) is 19.7 Å². The molecule has 1 fully saturated rings. The van der Waals surface area contributed by atoms with Crippen LogP contribution in [-0.4, -0.2) is 38.1 Å². The molecule has 18 heavy (non-hydrogen) atoms. The molecule has 1 aliphatic rings. The first-order valence-electron chi connectivity index (χ1n) is 6.74. The first kappa shape index (κ1) is 14.0. The van der Waals surface area contributed by atoms with Gasteiger partial charge in [-0.3, -0.25) is 4.90 Å². The molecule has 1 heterocycles. The molecule has 0 radical (unpaired) electrons. The lowest BCUT2D eigenvalue weighted by Gasteiger charge is -2.34. The molecule has 2 rings (SSSR count). The molecule has 0 N–H and O–H groups in total. The number of halogens is 1. The maximum absolute atomic E-state index is 4.38. The second-order valence-corrected chi connectivity index (χ2v) is 7.18. The molecule has 0 aromatic carbocycles. The van der Waals surface area contributed by atoms with Crippen molar-refractivity contribution in [2.24, 2.45) is 11.8 Å². The summed E-state index contributed by atoms with van der Waals surface area (Å²) in [7, 11) is 2.18. The SMILES string of the molecule is CC(C)Cn1ncnc1CN(C)CC1CC(Br)C1. The molecule has 0 bridgehead atoms. The Hall–Kier alpha value is -0.420. The lowest BCUT2D eigenvalue weighted by molar-refractivity contribution is 0.202. The summed E-state index contributed by atoms with van der Waals surface area (Å²) in [5, 5.41) is 4.31. The van der Waals surface area contributed by atoms with E-state index in [1.165, 1.54) is 12.8 Å². The Balaban J connectivity index is 1.82. The smallest absolute Gasteiger partial charge is 0.141 e. The van der Waals surface area contributed by atoms with Gasteiger partial charge in [0.1, 0.15) is 12.2 Å². The summed E-state index contributed by atoms with van der Waals surface area (Å²) in [6, 6.07) is 0. The summed E-state index contributed by atoms with van der Waals surface area (Å²) in [5.41, 5.74) is 0. The normalized spacial score (nSPS) is 23.7. The van der Waals surface area contributed by atoms with E-state index < -0.39 is 0 Å². The maximum atomic E-state index is 4.38. The second-order valence-electron chi connectivity index (χ2n) is 5.88. The molecule has 1 aromatic rings. The molecule has 1 aliphatic carbocycles. The third-order valence-electron chi connectivity index (χ3n) is 3.39. The van der Waals surface area contributed by atoms with Crippen LogP contribution in [0.5, 0.6) is 0 Å². The first-order chi connectivity index (χ1) is 8.54. The van der Waals surface area contributed by atoms with Gasteiger partial charge in [-0.15, -0.1) is 0 Å². The molecule has 0 unspecified atom stereocenters. The van der Waals surface area contributed by atoms with E-state index >= 15 is 0 Å². The monoisotopic (exact) mass is 314 g/mol. The maximum Gasteiger partial charge on any atom is 0.141 e. The van der Waals surface area contributed by atoms with E-state index in [1.807, 2.05) is 4.68 Å². The van der Waals surface area contributed by atoms with Gasteiger partial charge in [-0.1, -0.05) is 29.8 Å². The highest BCUT2D eigenvalue weighted by molar-refractivity contribution is 9.09. The van der Waals surface area contributed by atoms with Crippen LogP contribution in [0, 0.1) is 11.8 Å². The fourth-order valence-corrected chi connectivity index (χ4v) is 3.52. The van der Waals surface area contributed by atoms with Gasteiger partial charge in [0, 0.05) is 17.9 Å². The second kappa shape index (κ2) is 6.15. The summed E-state index contributed by atoms with van der Waals surface area (Å²) in [5.74, 6) is 2.54. The van der Waals surface area contributed by atoms with Crippen molar-refractivity contribution in [2.75, 3.05) is 13.6 Å². The molecule has 1 saturated carbocycles. The zero-order valence-electron chi connectivity index (χ0n) is 11.5. The highest BCUT2D eigenvalue weighted by atomic mass is 79.9. The number of nitrogens with zero attached hydrogens (tertiary/aromatic N) is 4. The van der Waals surface area contributed by atoms with E-state index in [2.05, 4.69) is 51.8 Å². The van der Waals surface area contributed by atoms with Crippen LogP contribution in [0.15, 0.2) is 6.33 Å². The fourth-order valence-electron chi connectivity index (χ4n) is 2.46. The predicted octanol–water partition coefficient (Wildman–Crippen LogP) is 2.54. The summed E-state index contributed by atoms with van der Waals surface area (Å²) in [6.07, 6.45) is 4.29. The van der Waals surface area contributed by atoms with Gasteiger partial charge in [0.2, 0.25) is 0 Å². The topological polar surface area (TPSA) is 34.0 Å². The van der Waals surface area contributed by atoms with Crippen LogP contribution < -0.4 is 0 Å². The van der Waals surface area contributed by atoms with Crippen LogP contribution in [0.25, 0.3) is 0 Å². The van der Waals surface area contributed by atoms with Gasteiger partial charge >= 0.3 is 0 Å². The van der Waals surface area contributed by atoms with Crippen LogP contribution >= 0.6 is 15.9 Å². The van der Waals surface area contributed by atoms with E-state index in [-0.39, 0.29) is 0 Å². The third-order valence-corrected chi connectivity index (χ3v) is 4.14. The zero-order valence-corrected chi connectivity index (χ0v) is 13.1. The molecule has 0 saturated heterocycles. The van der Waals surface area contributed by atoms with Crippen molar-refractivity contribution >= 4 is 15.9 Å². The average molecular weight is 315 g/mol. The van der Waals surface area contributed by atoms with E-state index in [0.717, 1.165) is 36.2 Å².